The minimum Gasteiger partial charge on any atom is -0.347 e. The van der Waals surface area contributed by atoms with Gasteiger partial charge in [-0.25, -0.2) is 15.8 Å². The Morgan fingerprint density at radius 1 is 1.42 bits per heavy atom. The molecule has 1 aromatic heterocycles. The van der Waals surface area contributed by atoms with Crippen molar-refractivity contribution in [3.63, 3.8) is 0 Å². The summed E-state index contributed by atoms with van der Waals surface area (Å²) < 4.78 is 37.6. The molecule has 1 rings (SSSR count). The number of hydrazine groups is 1. The zero-order chi connectivity index (χ0) is 14.5. The third-order valence-corrected chi connectivity index (χ3v) is 2.76. The van der Waals surface area contributed by atoms with Crippen molar-refractivity contribution in [2.45, 2.75) is 24.7 Å². The smallest absolute Gasteiger partial charge is 0.347 e. The summed E-state index contributed by atoms with van der Waals surface area (Å²) in [5, 5.41) is 0.369. The average molecular weight is 295 g/mol. The van der Waals surface area contributed by atoms with Crippen LogP contribution >= 0.6 is 11.8 Å². The van der Waals surface area contributed by atoms with Gasteiger partial charge >= 0.3 is 6.18 Å². The number of hydrogen-bond acceptors (Lipinski definition) is 6. The molecule has 108 valence electrons. The molecule has 0 unspecified atom stereocenters. The molecule has 9 heteroatoms. The Balaban J connectivity index is 3.06. The summed E-state index contributed by atoms with van der Waals surface area (Å²) in [4.78, 5) is 9.27. The highest BCUT2D eigenvalue weighted by Crippen LogP contribution is 2.24. The van der Waals surface area contributed by atoms with Gasteiger partial charge in [0.1, 0.15) is 18.2 Å². The molecular weight excluding hydrogens is 279 g/mol. The second kappa shape index (κ2) is 6.80. The molecule has 0 spiro atoms. The Hall–Kier alpha value is -1.22. The van der Waals surface area contributed by atoms with E-state index in [2.05, 4.69) is 15.4 Å². The molecule has 0 aliphatic heterocycles. The van der Waals surface area contributed by atoms with Gasteiger partial charge in [0.05, 0.1) is 0 Å². The van der Waals surface area contributed by atoms with Crippen LogP contribution in [0.15, 0.2) is 11.2 Å². The third kappa shape index (κ3) is 5.11. The fourth-order valence-corrected chi connectivity index (χ4v) is 1.88. The fraction of sp³-hybridized carbons (Fsp3) is 0.600. The Kier molecular flexibility index (Phi) is 5.67. The molecule has 1 aromatic rings. The van der Waals surface area contributed by atoms with Crippen molar-refractivity contribution >= 4 is 23.4 Å². The molecule has 0 saturated heterocycles. The number of alkyl halides is 3. The lowest BCUT2D eigenvalue weighted by Crippen LogP contribution is -2.35. The topological polar surface area (TPSA) is 67.1 Å². The summed E-state index contributed by atoms with van der Waals surface area (Å²) in [7, 11) is 0. The maximum absolute atomic E-state index is 12.5. The van der Waals surface area contributed by atoms with Crippen molar-refractivity contribution in [3.8, 4) is 0 Å². The predicted molar refractivity (Wildman–Crippen MR) is 70.2 cm³/mol. The van der Waals surface area contributed by atoms with E-state index in [0.717, 1.165) is 0 Å². The largest absolute Gasteiger partial charge is 0.405 e. The van der Waals surface area contributed by atoms with Crippen LogP contribution in [0, 0.1) is 0 Å². The van der Waals surface area contributed by atoms with Gasteiger partial charge in [-0.1, -0.05) is 18.7 Å². The number of aromatic nitrogens is 2. The number of hydrogen-bond donors (Lipinski definition) is 2. The van der Waals surface area contributed by atoms with Gasteiger partial charge in [0.15, 0.2) is 5.16 Å². The molecule has 0 aliphatic carbocycles. The van der Waals surface area contributed by atoms with Crippen LogP contribution in [0.3, 0.4) is 0 Å². The van der Waals surface area contributed by atoms with Gasteiger partial charge in [-0.15, -0.1) is 0 Å². The van der Waals surface area contributed by atoms with Gasteiger partial charge in [-0.2, -0.15) is 13.2 Å². The van der Waals surface area contributed by atoms with E-state index in [4.69, 9.17) is 5.84 Å². The van der Waals surface area contributed by atoms with Crippen molar-refractivity contribution in [2.24, 2.45) is 5.84 Å². The molecule has 0 aromatic carbocycles. The second-order valence-electron chi connectivity index (χ2n) is 3.78. The molecule has 0 fully saturated rings. The van der Waals surface area contributed by atoms with Gasteiger partial charge in [0.25, 0.3) is 0 Å². The van der Waals surface area contributed by atoms with E-state index in [0.29, 0.717) is 11.6 Å². The van der Waals surface area contributed by atoms with Crippen LogP contribution in [-0.4, -0.2) is 35.5 Å². The van der Waals surface area contributed by atoms with Gasteiger partial charge < -0.3 is 10.3 Å². The molecule has 0 saturated carbocycles. The van der Waals surface area contributed by atoms with Crippen molar-refractivity contribution < 1.29 is 13.2 Å². The minimum absolute atomic E-state index is 0.214. The van der Waals surface area contributed by atoms with E-state index in [1.165, 1.54) is 22.7 Å². The summed E-state index contributed by atoms with van der Waals surface area (Å²) in [5.74, 6) is 5.76. The standard InChI is InChI=1S/C10H16F3N5S/c1-3-4-18(6-10(11,12)13)8-5-7(17-14)15-9(16-8)19-2/h5H,3-4,6,14H2,1-2H3,(H,15,16,17). The highest BCUT2D eigenvalue weighted by atomic mass is 32.2. The molecule has 5 nitrogen and oxygen atoms in total. The Bertz CT molecular complexity index is 390. The Morgan fingerprint density at radius 3 is 2.58 bits per heavy atom. The lowest BCUT2D eigenvalue weighted by Gasteiger charge is -2.24. The lowest BCUT2D eigenvalue weighted by atomic mass is 10.3. The Morgan fingerprint density at radius 2 is 2.11 bits per heavy atom. The summed E-state index contributed by atoms with van der Waals surface area (Å²) in [6, 6.07) is 1.40. The first kappa shape index (κ1) is 15.8. The van der Waals surface area contributed by atoms with Crippen molar-refractivity contribution in [1.29, 1.82) is 0 Å². The number of nitrogen functional groups attached to an aromatic ring is 1. The summed E-state index contributed by atoms with van der Waals surface area (Å²) in [6.45, 7) is 1.02. The number of halogens is 3. The van der Waals surface area contributed by atoms with Gasteiger partial charge in [0, 0.05) is 12.6 Å². The van der Waals surface area contributed by atoms with E-state index >= 15 is 0 Å². The van der Waals surface area contributed by atoms with Crippen molar-refractivity contribution in [2.75, 3.05) is 29.7 Å². The second-order valence-corrected chi connectivity index (χ2v) is 4.55. The van der Waals surface area contributed by atoms with Crippen LogP contribution in [0.4, 0.5) is 24.8 Å². The minimum atomic E-state index is -4.28. The summed E-state index contributed by atoms with van der Waals surface area (Å²) >= 11 is 1.24. The van der Waals surface area contributed by atoms with Gasteiger partial charge in [-0.05, 0) is 12.7 Å². The van der Waals surface area contributed by atoms with E-state index in [1.54, 1.807) is 6.26 Å². The molecule has 0 atom stereocenters. The Labute approximate surface area is 113 Å². The number of anilines is 2. The normalized spacial score (nSPS) is 11.5. The molecule has 0 amide bonds. The zero-order valence-electron chi connectivity index (χ0n) is 10.7. The van der Waals surface area contributed by atoms with E-state index in [1.807, 2.05) is 6.92 Å². The molecule has 1 heterocycles. The first-order valence-corrected chi connectivity index (χ1v) is 6.83. The van der Waals surface area contributed by atoms with Gasteiger partial charge in [0.2, 0.25) is 0 Å². The van der Waals surface area contributed by atoms with E-state index in [9.17, 15) is 13.2 Å². The van der Waals surface area contributed by atoms with Crippen LogP contribution in [0.25, 0.3) is 0 Å². The van der Waals surface area contributed by atoms with E-state index < -0.39 is 12.7 Å². The van der Waals surface area contributed by atoms with Crippen LogP contribution < -0.4 is 16.2 Å². The van der Waals surface area contributed by atoms with E-state index in [-0.39, 0.29) is 18.2 Å². The first-order valence-electron chi connectivity index (χ1n) is 5.61. The highest BCUT2D eigenvalue weighted by Gasteiger charge is 2.31. The summed E-state index contributed by atoms with van der Waals surface area (Å²) in [5.41, 5.74) is 2.33. The number of nitrogens with two attached hydrogens (primary N) is 1. The van der Waals surface area contributed by atoms with Crippen molar-refractivity contribution in [3.05, 3.63) is 6.07 Å². The lowest BCUT2D eigenvalue weighted by molar-refractivity contribution is -0.119. The quantitative estimate of drug-likeness (QED) is 0.363. The SMILES string of the molecule is CCCN(CC(F)(F)F)c1cc(NN)nc(SC)n1. The monoisotopic (exact) mass is 295 g/mol. The van der Waals surface area contributed by atoms with Crippen LogP contribution in [0.1, 0.15) is 13.3 Å². The molecule has 0 aliphatic rings. The predicted octanol–water partition coefficient (Wildman–Crippen LogP) is 2.26. The van der Waals surface area contributed by atoms with Gasteiger partial charge in [-0.3, -0.25) is 0 Å². The van der Waals surface area contributed by atoms with Crippen molar-refractivity contribution in [1.82, 2.24) is 9.97 Å². The number of nitrogens with zero attached hydrogens (tertiary/aromatic N) is 3. The molecule has 19 heavy (non-hydrogen) atoms. The van der Waals surface area contributed by atoms with Crippen LogP contribution in [0.2, 0.25) is 0 Å². The number of rotatable bonds is 6. The van der Waals surface area contributed by atoms with Crippen LogP contribution in [0.5, 0.6) is 0 Å². The fourth-order valence-electron chi connectivity index (χ4n) is 1.50. The molecule has 0 radical (unpaired) electrons. The first-order chi connectivity index (χ1) is 8.89. The zero-order valence-corrected chi connectivity index (χ0v) is 11.5. The molecule has 0 bridgehead atoms. The summed E-state index contributed by atoms with van der Waals surface area (Å²) in [6.07, 6.45) is -1.96. The maximum atomic E-state index is 12.5. The van der Waals surface area contributed by atoms with Crippen LogP contribution in [-0.2, 0) is 0 Å². The third-order valence-electron chi connectivity index (χ3n) is 2.21. The number of thioether (sulfide) groups is 1. The maximum Gasteiger partial charge on any atom is 0.405 e. The molecule has 3 N–H and O–H groups in total. The average Bonchev–Trinajstić information content (AvgIpc) is 2.36. The highest BCUT2D eigenvalue weighted by molar-refractivity contribution is 7.98. The number of nitrogens with one attached hydrogen (secondary N) is 1. The molecular formula is C10H16F3N5S.